The summed E-state index contributed by atoms with van der Waals surface area (Å²) in [7, 11) is 3.65. The lowest BCUT2D eigenvalue weighted by Crippen LogP contribution is -2.23. The number of benzene rings is 2. The highest BCUT2D eigenvalue weighted by Crippen LogP contribution is 2.41. The second kappa shape index (κ2) is 10.9. The van der Waals surface area contributed by atoms with E-state index in [9.17, 15) is 14.3 Å². The Bertz CT molecular complexity index is 1290. The number of anilines is 2. The van der Waals surface area contributed by atoms with Crippen LogP contribution < -0.4 is 9.80 Å². The molecule has 1 saturated heterocycles. The molecule has 1 aliphatic heterocycles. The molecule has 1 amide bonds. The summed E-state index contributed by atoms with van der Waals surface area (Å²) in [6.45, 7) is 1.12. The molecule has 2 heterocycles. The molecule has 2 aromatic carbocycles. The topological polar surface area (TPSA) is 89.4 Å². The van der Waals surface area contributed by atoms with E-state index in [4.69, 9.17) is 16.9 Å². The molecule has 0 bridgehead atoms. The van der Waals surface area contributed by atoms with Crippen LogP contribution in [0.3, 0.4) is 0 Å². The van der Waals surface area contributed by atoms with Crippen LogP contribution in [0.1, 0.15) is 6.42 Å². The van der Waals surface area contributed by atoms with Gasteiger partial charge in [-0.25, -0.2) is 14.3 Å². The Labute approximate surface area is 213 Å². The zero-order chi connectivity index (χ0) is 25.8. The SMILES string of the molecule is CN(C)/C=C\N(C=O)c1ccc(-c2cc(F)cc(-c3ccnc(N4CCC(OO)C4)c3)c2O)cc1Cl. The molecule has 2 N–H and O–H groups in total. The zero-order valence-electron chi connectivity index (χ0n) is 19.8. The third-order valence-corrected chi connectivity index (χ3v) is 6.23. The van der Waals surface area contributed by atoms with Gasteiger partial charge in [0.25, 0.3) is 0 Å². The molecular formula is C26H26ClFN4O4. The number of halogens is 2. The van der Waals surface area contributed by atoms with Crippen LogP contribution in [0.15, 0.2) is 61.1 Å². The summed E-state index contributed by atoms with van der Waals surface area (Å²) in [5.41, 5.74) is 2.07. The average molecular weight is 513 g/mol. The number of rotatable bonds is 8. The number of hydrogen-bond donors (Lipinski definition) is 2. The molecule has 1 fully saturated rings. The quantitative estimate of drug-likeness (QED) is 0.250. The Morgan fingerprint density at radius 1 is 1.14 bits per heavy atom. The summed E-state index contributed by atoms with van der Waals surface area (Å²) in [4.78, 5) is 25.4. The Hall–Kier alpha value is -3.66. The lowest BCUT2D eigenvalue weighted by atomic mass is 9.97. The molecule has 4 rings (SSSR count). The van der Waals surface area contributed by atoms with Crippen molar-refractivity contribution in [2.75, 3.05) is 37.0 Å². The van der Waals surface area contributed by atoms with Gasteiger partial charge in [0.1, 0.15) is 23.5 Å². The van der Waals surface area contributed by atoms with Gasteiger partial charge in [-0.1, -0.05) is 17.7 Å². The minimum absolute atomic E-state index is 0.116. The molecule has 10 heteroatoms. The van der Waals surface area contributed by atoms with E-state index in [1.54, 1.807) is 53.8 Å². The van der Waals surface area contributed by atoms with E-state index in [2.05, 4.69) is 9.87 Å². The smallest absolute Gasteiger partial charge is 0.218 e. The first kappa shape index (κ1) is 25.4. The number of aromatic hydroxyl groups is 1. The van der Waals surface area contributed by atoms with Crippen molar-refractivity contribution in [1.82, 2.24) is 9.88 Å². The highest BCUT2D eigenvalue weighted by atomic mass is 35.5. The summed E-state index contributed by atoms with van der Waals surface area (Å²) < 4.78 is 14.7. The predicted octanol–water partition coefficient (Wildman–Crippen LogP) is 4.98. The van der Waals surface area contributed by atoms with Crippen LogP contribution in [0, 0.1) is 5.82 Å². The van der Waals surface area contributed by atoms with Gasteiger partial charge in [-0.2, -0.15) is 0 Å². The van der Waals surface area contributed by atoms with Gasteiger partial charge in [-0.05, 0) is 53.9 Å². The molecule has 8 nitrogen and oxygen atoms in total. The summed E-state index contributed by atoms with van der Waals surface area (Å²) in [6.07, 6.45) is 5.84. The molecule has 3 aromatic rings. The van der Waals surface area contributed by atoms with E-state index in [0.29, 0.717) is 54.1 Å². The van der Waals surface area contributed by atoms with Gasteiger partial charge in [0.15, 0.2) is 0 Å². The zero-order valence-corrected chi connectivity index (χ0v) is 20.6. The van der Waals surface area contributed by atoms with Gasteiger partial charge in [0, 0.05) is 56.9 Å². The van der Waals surface area contributed by atoms with Crippen molar-refractivity contribution in [1.29, 1.82) is 0 Å². The number of nitrogens with zero attached hydrogens (tertiary/aromatic N) is 4. The first-order chi connectivity index (χ1) is 17.3. The van der Waals surface area contributed by atoms with Gasteiger partial charge in [-0.3, -0.25) is 15.0 Å². The number of hydrogen-bond acceptors (Lipinski definition) is 7. The number of phenols is 1. The van der Waals surface area contributed by atoms with Crippen molar-refractivity contribution in [3.63, 3.8) is 0 Å². The second-order valence-electron chi connectivity index (χ2n) is 8.65. The summed E-state index contributed by atoms with van der Waals surface area (Å²) in [5.74, 6) is -0.0193. The third-order valence-electron chi connectivity index (χ3n) is 5.93. The summed E-state index contributed by atoms with van der Waals surface area (Å²) >= 11 is 6.47. The first-order valence-corrected chi connectivity index (χ1v) is 11.6. The molecule has 1 unspecified atom stereocenters. The molecular weight excluding hydrogens is 487 g/mol. The van der Waals surface area contributed by atoms with E-state index < -0.39 is 5.82 Å². The summed E-state index contributed by atoms with van der Waals surface area (Å²) in [6, 6.07) is 10.8. The van der Waals surface area contributed by atoms with Gasteiger partial charge in [-0.15, -0.1) is 0 Å². The molecule has 1 aromatic heterocycles. The van der Waals surface area contributed by atoms with Gasteiger partial charge in [0.2, 0.25) is 6.41 Å². The number of aromatic nitrogens is 1. The molecule has 188 valence electrons. The molecule has 0 aliphatic carbocycles. The van der Waals surface area contributed by atoms with Crippen LogP contribution in [0.25, 0.3) is 22.3 Å². The highest BCUT2D eigenvalue weighted by molar-refractivity contribution is 6.34. The van der Waals surface area contributed by atoms with Crippen molar-refractivity contribution in [3.8, 4) is 28.0 Å². The van der Waals surface area contributed by atoms with E-state index in [0.717, 1.165) is 0 Å². The molecule has 1 aliphatic rings. The third kappa shape index (κ3) is 5.43. The van der Waals surface area contributed by atoms with Crippen molar-refractivity contribution < 1.29 is 24.4 Å². The number of carbonyl (C=O) groups excluding carboxylic acids is 1. The van der Waals surface area contributed by atoms with Crippen molar-refractivity contribution in [2.24, 2.45) is 0 Å². The molecule has 0 radical (unpaired) electrons. The van der Waals surface area contributed by atoms with E-state index in [-0.39, 0.29) is 22.4 Å². The van der Waals surface area contributed by atoms with Crippen LogP contribution >= 0.6 is 11.6 Å². The largest absolute Gasteiger partial charge is 0.507 e. The molecule has 1 atom stereocenters. The van der Waals surface area contributed by atoms with Crippen LogP contribution in [0.4, 0.5) is 15.9 Å². The molecule has 36 heavy (non-hydrogen) atoms. The number of phenolic OH excluding ortho intramolecular Hbond substituents is 1. The van der Waals surface area contributed by atoms with Crippen LogP contribution in [-0.2, 0) is 9.68 Å². The normalized spacial score (nSPS) is 15.5. The van der Waals surface area contributed by atoms with Gasteiger partial charge >= 0.3 is 0 Å². The van der Waals surface area contributed by atoms with Gasteiger partial charge in [0.05, 0.1) is 10.7 Å². The highest BCUT2D eigenvalue weighted by Gasteiger charge is 2.25. The van der Waals surface area contributed by atoms with Gasteiger partial charge < -0.3 is 14.9 Å². The number of amides is 1. The fourth-order valence-corrected chi connectivity index (χ4v) is 4.36. The Balaban J connectivity index is 1.69. The number of carbonyl (C=O) groups is 1. The van der Waals surface area contributed by atoms with Crippen LogP contribution in [-0.4, -0.2) is 59.9 Å². The predicted molar refractivity (Wildman–Crippen MR) is 137 cm³/mol. The van der Waals surface area contributed by atoms with Crippen molar-refractivity contribution >= 4 is 29.5 Å². The lowest BCUT2D eigenvalue weighted by molar-refractivity contribution is -0.272. The first-order valence-electron chi connectivity index (χ1n) is 11.2. The fraction of sp³-hybridized carbons (Fsp3) is 0.231. The van der Waals surface area contributed by atoms with Crippen molar-refractivity contribution in [3.05, 3.63) is 71.9 Å². The molecule has 0 spiro atoms. The minimum atomic E-state index is -0.533. The van der Waals surface area contributed by atoms with Crippen LogP contribution in [0.2, 0.25) is 5.02 Å². The Morgan fingerprint density at radius 2 is 1.86 bits per heavy atom. The average Bonchev–Trinajstić information content (AvgIpc) is 3.36. The minimum Gasteiger partial charge on any atom is -0.507 e. The standard InChI is InChI=1S/C26H26ClFN4O4/c1-30(2)9-10-32(16-33)24-4-3-17(11-23(24)27)21-13-19(28)14-22(26(21)34)18-5-7-29-25(12-18)31-8-6-20(15-31)36-35/h3-5,7,9-14,16,20,34-35H,6,8,15H2,1-2H3/b10-9-. The number of pyridine rings is 1. The maximum atomic E-state index is 14.7. The van der Waals surface area contributed by atoms with Crippen molar-refractivity contribution in [2.45, 2.75) is 12.5 Å². The fourth-order valence-electron chi connectivity index (χ4n) is 4.08. The Kier molecular flexibility index (Phi) is 7.73. The summed E-state index contributed by atoms with van der Waals surface area (Å²) in [5, 5.41) is 20.3. The van der Waals surface area contributed by atoms with Crippen LogP contribution in [0.5, 0.6) is 5.75 Å². The van der Waals surface area contributed by atoms with E-state index >= 15 is 0 Å². The maximum Gasteiger partial charge on any atom is 0.218 e. The van der Waals surface area contributed by atoms with E-state index in [1.165, 1.54) is 17.0 Å². The maximum absolute atomic E-state index is 14.7. The van der Waals surface area contributed by atoms with E-state index in [1.807, 2.05) is 19.0 Å². The second-order valence-corrected chi connectivity index (χ2v) is 9.06. The molecule has 0 saturated carbocycles. The monoisotopic (exact) mass is 512 g/mol. The Morgan fingerprint density at radius 3 is 2.47 bits per heavy atom. The lowest BCUT2D eigenvalue weighted by Gasteiger charge is -2.19.